The summed E-state index contributed by atoms with van der Waals surface area (Å²) in [7, 11) is 0. The van der Waals surface area contributed by atoms with Crippen molar-refractivity contribution < 1.29 is 4.92 Å². The van der Waals surface area contributed by atoms with Crippen molar-refractivity contribution in [2.24, 2.45) is 0 Å². The molecule has 0 aliphatic carbocycles. The summed E-state index contributed by atoms with van der Waals surface area (Å²) in [5.74, 6) is 0. The molecule has 0 atom stereocenters. The molecule has 14 heavy (non-hydrogen) atoms. The molecule has 0 amide bonds. The Morgan fingerprint density at radius 1 is 1.79 bits per heavy atom. The highest BCUT2D eigenvalue weighted by atomic mass is 16.6. The third kappa shape index (κ3) is 1.95. The van der Waals surface area contributed by atoms with Crippen LogP contribution in [0, 0.1) is 21.4 Å². The minimum absolute atomic E-state index is 0.170. The van der Waals surface area contributed by atoms with Crippen LogP contribution in [0.3, 0.4) is 0 Å². The monoisotopic (exact) mass is 192 g/mol. The summed E-state index contributed by atoms with van der Waals surface area (Å²) in [6.45, 7) is 2.51. The first-order valence-electron chi connectivity index (χ1n) is 3.97. The average Bonchev–Trinajstić information content (AvgIpc) is 2.18. The molecule has 0 fully saturated rings. The Morgan fingerprint density at radius 2 is 2.50 bits per heavy atom. The summed E-state index contributed by atoms with van der Waals surface area (Å²) in [5.41, 5.74) is 0.0980. The first-order chi connectivity index (χ1) is 6.69. The maximum absolute atomic E-state index is 10.5. The molecule has 0 saturated carbocycles. The van der Waals surface area contributed by atoms with Crippen LogP contribution in [0.4, 0.5) is 11.4 Å². The van der Waals surface area contributed by atoms with Crippen LogP contribution in [0.5, 0.6) is 0 Å². The van der Waals surface area contributed by atoms with E-state index in [1.54, 1.807) is 6.07 Å². The summed E-state index contributed by atoms with van der Waals surface area (Å²) in [6, 6.07) is 2.97. The summed E-state index contributed by atoms with van der Waals surface area (Å²) < 4.78 is 0. The van der Waals surface area contributed by atoms with Crippen molar-refractivity contribution >= 4 is 11.4 Å². The lowest BCUT2D eigenvalue weighted by atomic mass is 10.3. The first kappa shape index (κ1) is 9.92. The molecule has 0 bridgehead atoms. The van der Waals surface area contributed by atoms with E-state index in [0.29, 0.717) is 12.2 Å². The molecule has 0 spiro atoms. The summed E-state index contributed by atoms with van der Waals surface area (Å²) in [5, 5.41) is 22.0. The Kier molecular flexibility index (Phi) is 2.97. The highest BCUT2D eigenvalue weighted by Crippen LogP contribution is 2.19. The van der Waals surface area contributed by atoms with Gasteiger partial charge in [-0.25, -0.2) is 4.98 Å². The standard InChI is InChI=1S/C8H8N4O2/c1-2-10-6-3-8(12(13)14)7(4-9)11-5-6/h3,5,10H,2H2,1H3. The number of nitro groups is 1. The molecular weight excluding hydrogens is 184 g/mol. The number of aromatic nitrogens is 1. The normalized spacial score (nSPS) is 9.14. The number of pyridine rings is 1. The van der Waals surface area contributed by atoms with Gasteiger partial charge in [-0.05, 0) is 6.92 Å². The van der Waals surface area contributed by atoms with E-state index in [0.717, 1.165) is 0 Å². The van der Waals surface area contributed by atoms with E-state index in [4.69, 9.17) is 5.26 Å². The molecule has 6 heteroatoms. The quantitative estimate of drug-likeness (QED) is 0.575. The topological polar surface area (TPSA) is 91.8 Å². The Hall–Kier alpha value is -2.16. The molecule has 0 unspecified atom stereocenters. The number of nitrogens with zero attached hydrogens (tertiary/aromatic N) is 3. The lowest BCUT2D eigenvalue weighted by molar-refractivity contribution is -0.385. The van der Waals surface area contributed by atoms with Crippen LogP contribution in [0.15, 0.2) is 12.3 Å². The Labute approximate surface area is 80.3 Å². The van der Waals surface area contributed by atoms with Gasteiger partial charge in [-0.3, -0.25) is 10.1 Å². The highest BCUT2D eigenvalue weighted by Gasteiger charge is 2.15. The molecule has 0 saturated heterocycles. The second-order valence-corrected chi connectivity index (χ2v) is 2.49. The molecule has 0 aliphatic heterocycles. The number of rotatable bonds is 3. The fourth-order valence-corrected chi connectivity index (χ4v) is 0.979. The molecular formula is C8H8N4O2. The number of anilines is 1. The fraction of sp³-hybridized carbons (Fsp3) is 0.250. The van der Waals surface area contributed by atoms with Gasteiger partial charge in [-0.15, -0.1) is 0 Å². The summed E-state index contributed by atoms with van der Waals surface area (Å²) in [4.78, 5) is 13.6. The first-order valence-corrected chi connectivity index (χ1v) is 3.97. The molecule has 72 valence electrons. The molecule has 0 radical (unpaired) electrons. The largest absolute Gasteiger partial charge is 0.384 e. The number of hydrogen-bond acceptors (Lipinski definition) is 5. The third-order valence-corrected chi connectivity index (χ3v) is 1.55. The van der Waals surface area contributed by atoms with E-state index in [1.165, 1.54) is 12.3 Å². The summed E-state index contributed by atoms with van der Waals surface area (Å²) >= 11 is 0. The SMILES string of the molecule is CCNc1cnc(C#N)c([N+](=O)[O-])c1. The van der Waals surface area contributed by atoms with E-state index in [1.807, 2.05) is 6.92 Å². The van der Waals surface area contributed by atoms with Crippen molar-refractivity contribution in [3.63, 3.8) is 0 Å². The molecule has 1 rings (SSSR count). The number of hydrogen-bond donors (Lipinski definition) is 1. The van der Waals surface area contributed by atoms with Gasteiger partial charge in [0.15, 0.2) is 0 Å². The van der Waals surface area contributed by atoms with Gasteiger partial charge < -0.3 is 5.32 Å². The van der Waals surface area contributed by atoms with Crippen molar-refractivity contribution in [3.05, 3.63) is 28.1 Å². The smallest absolute Gasteiger partial charge is 0.307 e. The predicted octanol–water partition coefficient (Wildman–Crippen LogP) is 1.29. The minimum atomic E-state index is -0.619. The molecule has 1 aromatic heterocycles. The fourth-order valence-electron chi connectivity index (χ4n) is 0.979. The predicted molar refractivity (Wildman–Crippen MR) is 49.8 cm³/mol. The van der Waals surface area contributed by atoms with Crippen LogP contribution in [0.2, 0.25) is 0 Å². The lowest BCUT2D eigenvalue weighted by Gasteiger charge is -2.01. The van der Waals surface area contributed by atoms with Crippen LogP contribution in [0.25, 0.3) is 0 Å². The van der Waals surface area contributed by atoms with Crippen molar-refractivity contribution in [3.8, 4) is 6.07 Å². The van der Waals surface area contributed by atoms with Crippen molar-refractivity contribution in [2.75, 3.05) is 11.9 Å². The van der Waals surface area contributed by atoms with E-state index in [2.05, 4.69) is 10.3 Å². The molecule has 1 aromatic rings. The van der Waals surface area contributed by atoms with Gasteiger partial charge in [0.1, 0.15) is 6.07 Å². The van der Waals surface area contributed by atoms with Crippen molar-refractivity contribution in [2.45, 2.75) is 6.92 Å². The molecule has 6 nitrogen and oxygen atoms in total. The third-order valence-electron chi connectivity index (χ3n) is 1.55. The van der Waals surface area contributed by atoms with Gasteiger partial charge in [0, 0.05) is 12.6 Å². The summed E-state index contributed by atoms with van der Waals surface area (Å²) in [6.07, 6.45) is 1.40. The molecule has 1 heterocycles. The zero-order valence-electron chi connectivity index (χ0n) is 7.52. The highest BCUT2D eigenvalue weighted by molar-refractivity contribution is 5.54. The second-order valence-electron chi connectivity index (χ2n) is 2.49. The molecule has 0 aliphatic rings. The Bertz CT molecular complexity index is 397. The van der Waals surface area contributed by atoms with Crippen LogP contribution >= 0.6 is 0 Å². The maximum Gasteiger partial charge on any atom is 0.307 e. The van der Waals surface area contributed by atoms with Crippen LogP contribution in [0.1, 0.15) is 12.6 Å². The lowest BCUT2D eigenvalue weighted by Crippen LogP contribution is -2.00. The number of nitriles is 1. The van der Waals surface area contributed by atoms with Crippen LogP contribution in [-0.4, -0.2) is 16.5 Å². The van der Waals surface area contributed by atoms with Crippen LogP contribution in [-0.2, 0) is 0 Å². The van der Waals surface area contributed by atoms with Crippen molar-refractivity contribution in [1.82, 2.24) is 4.98 Å². The van der Waals surface area contributed by atoms with Gasteiger partial charge in [-0.2, -0.15) is 5.26 Å². The van der Waals surface area contributed by atoms with Gasteiger partial charge >= 0.3 is 5.69 Å². The van der Waals surface area contributed by atoms with E-state index >= 15 is 0 Å². The van der Waals surface area contributed by atoms with Crippen molar-refractivity contribution in [1.29, 1.82) is 5.26 Å². The van der Waals surface area contributed by atoms with Gasteiger partial charge in [0.2, 0.25) is 5.69 Å². The molecule has 1 N–H and O–H groups in total. The zero-order valence-corrected chi connectivity index (χ0v) is 7.52. The maximum atomic E-state index is 10.5. The van der Waals surface area contributed by atoms with E-state index in [-0.39, 0.29) is 11.4 Å². The van der Waals surface area contributed by atoms with Gasteiger partial charge in [0.05, 0.1) is 16.8 Å². The van der Waals surface area contributed by atoms with E-state index < -0.39 is 4.92 Å². The Morgan fingerprint density at radius 3 is 3.00 bits per heavy atom. The second kappa shape index (κ2) is 4.18. The van der Waals surface area contributed by atoms with Gasteiger partial charge in [0.25, 0.3) is 0 Å². The number of nitrogens with one attached hydrogen (secondary N) is 1. The molecule has 0 aromatic carbocycles. The zero-order chi connectivity index (χ0) is 10.6. The van der Waals surface area contributed by atoms with Crippen LogP contribution < -0.4 is 5.32 Å². The minimum Gasteiger partial charge on any atom is -0.384 e. The van der Waals surface area contributed by atoms with E-state index in [9.17, 15) is 10.1 Å². The van der Waals surface area contributed by atoms with Gasteiger partial charge in [-0.1, -0.05) is 0 Å². The average molecular weight is 192 g/mol. The Balaban J connectivity index is 3.16.